The number of benzene rings is 3. The Morgan fingerprint density at radius 1 is 0.452 bits per heavy atom. The van der Waals surface area contributed by atoms with Crippen LogP contribution >= 0.6 is 0 Å². The summed E-state index contributed by atoms with van der Waals surface area (Å²) < 4.78 is 0.136. The van der Waals surface area contributed by atoms with Gasteiger partial charge in [-0.1, -0.05) is 130 Å². The molecule has 3 unspecified atom stereocenters. The minimum Gasteiger partial charge on any atom is -0.0868 e. The zero-order chi connectivity index (χ0) is 21.3. The van der Waals surface area contributed by atoms with E-state index in [2.05, 4.69) is 130 Å². The van der Waals surface area contributed by atoms with Gasteiger partial charge in [0.25, 0.3) is 0 Å². The number of allylic oxidation sites excluding steroid dienone is 3. The fourth-order valence-corrected chi connectivity index (χ4v) is 13.4. The molecule has 3 aliphatic carbocycles. The van der Waals surface area contributed by atoms with Crippen LogP contribution < -0.4 is 0 Å². The Kier molecular flexibility index (Phi) is 3.98. The highest BCUT2D eigenvalue weighted by molar-refractivity contribution is 6.71. The first-order valence-electron chi connectivity index (χ1n) is 11.3. The topological polar surface area (TPSA) is 0 Å². The van der Waals surface area contributed by atoms with E-state index >= 15 is 0 Å². The Bertz CT molecular complexity index is 1130. The van der Waals surface area contributed by atoms with E-state index in [1.807, 2.05) is 0 Å². The Morgan fingerprint density at radius 2 is 0.742 bits per heavy atom. The van der Waals surface area contributed by atoms with Crippen LogP contribution in [0.15, 0.2) is 91.0 Å². The molecule has 0 N–H and O–H groups in total. The van der Waals surface area contributed by atoms with Gasteiger partial charge in [-0.15, -0.1) is 0 Å². The highest BCUT2D eigenvalue weighted by Crippen LogP contribution is 2.55. The largest absolute Gasteiger partial charge is 0.318 e. The monoisotopic (exact) mass is 414 g/mol. The molecule has 3 aliphatic rings. The fraction of sp³-hybridized carbons (Fsp3) is 0.200. The van der Waals surface area contributed by atoms with Crippen LogP contribution in [-0.2, 0) is 12.8 Å². The minimum atomic E-state index is -1.71. The first kappa shape index (κ1) is 19.1. The average Bonchev–Trinajstić information content (AvgIpc) is 3.43. The molecule has 1 heteroatoms. The summed E-state index contributed by atoms with van der Waals surface area (Å²) in [5, 5.41) is 0. The van der Waals surface area contributed by atoms with Gasteiger partial charge in [-0.3, -0.25) is 0 Å². The van der Waals surface area contributed by atoms with Crippen molar-refractivity contribution in [2.24, 2.45) is 0 Å². The molecule has 0 heterocycles. The summed E-state index contributed by atoms with van der Waals surface area (Å²) in [4.78, 5) is 0. The van der Waals surface area contributed by atoms with Crippen LogP contribution in [0.2, 0.25) is 0 Å². The molecule has 0 bridgehead atoms. The molecule has 150 valence electrons. The van der Waals surface area contributed by atoms with Crippen LogP contribution in [0, 0.1) is 0 Å². The van der Waals surface area contributed by atoms with Crippen LogP contribution in [0.25, 0.3) is 18.2 Å². The quantitative estimate of drug-likeness (QED) is 0.403. The van der Waals surface area contributed by atoms with Crippen molar-refractivity contribution in [1.29, 1.82) is 0 Å². The standard InChI is InChI=1S/3C10H9.Al/c3*1-8-6-7-9-4-2-3-5-10(8)9;/h3*2-7H,1H3;. The second kappa shape index (κ2) is 6.46. The molecule has 0 spiro atoms. The van der Waals surface area contributed by atoms with E-state index in [1.54, 1.807) is 0 Å². The van der Waals surface area contributed by atoms with Crippen molar-refractivity contribution < 1.29 is 0 Å². The van der Waals surface area contributed by atoms with Crippen molar-refractivity contribution in [3.63, 3.8) is 0 Å². The van der Waals surface area contributed by atoms with Gasteiger partial charge >= 0.3 is 14.1 Å². The van der Waals surface area contributed by atoms with Gasteiger partial charge in [0.05, 0.1) is 0 Å². The lowest BCUT2D eigenvalue weighted by Gasteiger charge is -2.49. The molecule has 0 nitrogen and oxygen atoms in total. The molecule has 3 aromatic carbocycles. The Balaban J connectivity index is 1.64. The summed E-state index contributed by atoms with van der Waals surface area (Å²) in [6, 6.07) is 27.1. The maximum Gasteiger partial charge on any atom is 0.318 e. The Morgan fingerprint density at radius 3 is 1.06 bits per heavy atom. The lowest BCUT2D eigenvalue weighted by atomic mass is 9.98. The van der Waals surface area contributed by atoms with Crippen molar-refractivity contribution >= 4 is 32.4 Å². The molecular weight excluding hydrogens is 387 g/mol. The molecule has 6 rings (SSSR count). The zero-order valence-corrected chi connectivity index (χ0v) is 19.6. The zero-order valence-electron chi connectivity index (χ0n) is 18.5. The molecule has 0 fully saturated rings. The predicted molar refractivity (Wildman–Crippen MR) is 134 cm³/mol. The van der Waals surface area contributed by atoms with E-state index in [1.165, 1.54) is 33.4 Å². The Labute approximate surface area is 190 Å². The highest BCUT2D eigenvalue weighted by Gasteiger charge is 2.62. The van der Waals surface area contributed by atoms with E-state index in [0.717, 1.165) is 0 Å². The lowest BCUT2D eigenvalue weighted by molar-refractivity contribution is 0.660. The molecular formula is C30H27Al. The molecule has 31 heavy (non-hydrogen) atoms. The maximum atomic E-state index is 2.54. The molecule has 0 saturated heterocycles. The molecule has 0 aromatic heterocycles. The number of rotatable bonds is 3. The summed E-state index contributed by atoms with van der Waals surface area (Å²) in [7, 11) is 0. The second-order valence-corrected chi connectivity index (χ2v) is 14.5. The third-order valence-corrected chi connectivity index (χ3v) is 13.4. The van der Waals surface area contributed by atoms with Crippen molar-refractivity contribution in [3.8, 4) is 0 Å². The molecule has 0 aliphatic heterocycles. The molecule has 0 saturated carbocycles. The van der Waals surface area contributed by atoms with Gasteiger partial charge in [0.2, 0.25) is 0 Å². The average molecular weight is 415 g/mol. The van der Waals surface area contributed by atoms with Gasteiger partial charge in [0.1, 0.15) is 0 Å². The van der Waals surface area contributed by atoms with Gasteiger partial charge < -0.3 is 0 Å². The van der Waals surface area contributed by atoms with Crippen LogP contribution in [-0.4, -0.2) is 14.1 Å². The smallest absolute Gasteiger partial charge is 0.0868 e. The normalized spacial score (nSPS) is 29.1. The van der Waals surface area contributed by atoms with Gasteiger partial charge in [-0.05, 0) is 46.2 Å². The fourth-order valence-electron chi connectivity index (χ4n) is 7.08. The van der Waals surface area contributed by atoms with Gasteiger partial charge in [0, 0.05) is 0 Å². The number of hydrogen-bond donors (Lipinski definition) is 0. The van der Waals surface area contributed by atoms with E-state index in [9.17, 15) is 0 Å². The molecule has 3 atom stereocenters. The van der Waals surface area contributed by atoms with Crippen molar-refractivity contribution in [3.05, 3.63) is 124 Å². The third-order valence-electron chi connectivity index (χ3n) is 8.25. The van der Waals surface area contributed by atoms with Gasteiger partial charge in [0.15, 0.2) is 0 Å². The minimum absolute atomic E-state index is 0.0453. The first-order chi connectivity index (χ1) is 15.0. The molecule has 0 radical (unpaired) electrons. The SMILES string of the molecule is C[C]1([Al]([C]2(C)C=Cc3ccccc32)[C]2(C)C=Cc3ccccc32)C=Cc2ccccc21. The maximum absolute atomic E-state index is 2.54. The van der Waals surface area contributed by atoms with Crippen molar-refractivity contribution in [2.45, 2.75) is 33.6 Å². The van der Waals surface area contributed by atoms with Crippen molar-refractivity contribution in [2.75, 3.05) is 0 Å². The van der Waals surface area contributed by atoms with E-state index in [-0.39, 0.29) is 12.8 Å². The Hall–Kier alpha value is -2.59. The molecule has 3 aromatic rings. The number of hydrogen-bond acceptors (Lipinski definition) is 0. The summed E-state index contributed by atoms with van der Waals surface area (Å²) >= 11 is -1.71. The van der Waals surface area contributed by atoms with E-state index < -0.39 is 14.1 Å². The summed E-state index contributed by atoms with van der Waals surface area (Å²) in [6.07, 6.45) is 14.7. The number of fused-ring (bicyclic) bond motifs is 3. The van der Waals surface area contributed by atoms with Crippen molar-refractivity contribution in [1.82, 2.24) is 0 Å². The van der Waals surface area contributed by atoms with Crippen LogP contribution in [0.4, 0.5) is 0 Å². The highest BCUT2D eigenvalue weighted by atomic mass is 27.2. The third kappa shape index (κ3) is 2.48. The summed E-state index contributed by atoms with van der Waals surface area (Å²) in [5.74, 6) is 0. The van der Waals surface area contributed by atoms with E-state index in [0.29, 0.717) is 0 Å². The van der Waals surface area contributed by atoms with Crippen LogP contribution in [0.5, 0.6) is 0 Å². The molecule has 0 amide bonds. The van der Waals surface area contributed by atoms with Gasteiger partial charge in [-0.2, -0.15) is 0 Å². The van der Waals surface area contributed by atoms with E-state index in [4.69, 9.17) is 0 Å². The van der Waals surface area contributed by atoms with Crippen LogP contribution in [0.1, 0.15) is 54.2 Å². The lowest BCUT2D eigenvalue weighted by Crippen LogP contribution is -2.62. The summed E-state index contributed by atoms with van der Waals surface area (Å²) in [6.45, 7) is 7.56. The summed E-state index contributed by atoms with van der Waals surface area (Å²) in [5.41, 5.74) is 8.68. The second-order valence-electron chi connectivity index (χ2n) is 10.0. The van der Waals surface area contributed by atoms with Gasteiger partial charge in [-0.25, -0.2) is 0 Å². The first-order valence-corrected chi connectivity index (χ1v) is 13.1. The predicted octanol–water partition coefficient (Wildman–Crippen LogP) is 7.05. The van der Waals surface area contributed by atoms with Crippen LogP contribution in [0.3, 0.4) is 0 Å².